The van der Waals surface area contributed by atoms with Crippen molar-refractivity contribution >= 4 is 11.9 Å². The summed E-state index contributed by atoms with van der Waals surface area (Å²) in [5.41, 5.74) is 0.769. The van der Waals surface area contributed by atoms with Crippen LogP contribution in [0.3, 0.4) is 0 Å². The lowest BCUT2D eigenvalue weighted by Gasteiger charge is -2.12. The van der Waals surface area contributed by atoms with Crippen molar-refractivity contribution in [2.24, 2.45) is 0 Å². The van der Waals surface area contributed by atoms with Crippen LogP contribution < -0.4 is 5.32 Å². The maximum Gasteiger partial charge on any atom is 0.326 e. The fourth-order valence-electron chi connectivity index (χ4n) is 1.51. The first-order chi connectivity index (χ1) is 8.72. The van der Waals surface area contributed by atoms with E-state index in [4.69, 9.17) is 5.11 Å². The number of nitrogens with zero attached hydrogens (tertiary/aromatic N) is 4. The topological polar surface area (TPSA) is 92.9 Å². The van der Waals surface area contributed by atoms with Crippen molar-refractivity contribution in [3.8, 4) is 5.69 Å². The predicted molar refractivity (Wildman–Crippen MR) is 64.5 cm³/mol. The Bertz CT molecular complexity index is 525. The number of rotatable bonds is 5. The Balaban J connectivity index is 2.26. The molecular formula is C11H13N5O2. The van der Waals surface area contributed by atoms with Gasteiger partial charge in [-0.2, -0.15) is 4.68 Å². The Kier molecular flexibility index (Phi) is 3.52. The molecule has 0 spiro atoms. The monoisotopic (exact) mass is 247 g/mol. The summed E-state index contributed by atoms with van der Waals surface area (Å²) in [5.74, 6) is -0.615. The van der Waals surface area contributed by atoms with Gasteiger partial charge < -0.3 is 10.4 Å². The minimum Gasteiger partial charge on any atom is -0.480 e. The van der Waals surface area contributed by atoms with Gasteiger partial charge in [-0.15, -0.1) is 0 Å². The van der Waals surface area contributed by atoms with Gasteiger partial charge in [0.2, 0.25) is 5.95 Å². The molecule has 7 heteroatoms. The number of carbonyl (C=O) groups is 1. The SMILES string of the molecule is CC[C@H](Nc1nnnn1-c1ccccc1)C(=O)O. The van der Waals surface area contributed by atoms with Crippen molar-refractivity contribution < 1.29 is 9.90 Å². The summed E-state index contributed by atoms with van der Waals surface area (Å²) in [4.78, 5) is 11.0. The number of carboxylic acid groups (broad SMARTS) is 1. The zero-order chi connectivity index (χ0) is 13.0. The molecule has 0 bridgehead atoms. The van der Waals surface area contributed by atoms with Crippen LogP contribution in [-0.2, 0) is 4.79 Å². The third kappa shape index (κ3) is 2.45. The molecule has 2 aromatic rings. The molecule has 94 valence electrons. The van der Waals surface area contributed by atoms with E-state index in [1.54, 1.807) is 6.92 Å². The van der Waals surface area contributed by atoms with Crippen LogP contribution in [0.5, 0.6) is 0 Å². The number of anilines is 1. The molecule has 0 aliphatic heterocycles. The van der Waals surface area contributed by atoms with Crippen molar-refractivity contribution in [1.82, 2.24) is 20.2 Å². The van der Waals surface area contributed by atoms with Crippen molar-refractivity contribution in [3.05, 3.63) is 30.3 Å². The Labute approximate surface area is 103 Å². The van der Waals surface area contributed by atoms with Crippen LogP contribution in [-0.4, -0.2) is 37.3 Å². The standard InChI is InChI=1S/C11H13N5O2/c1-2-9(10(17)18)12-11-13-14-15-16(11)8-6-4-3-5-7-8/h3-7,9H,2H2,1H3,(H,17,18)(H,12,13,15)/t9-/m0/s1. The second-order valence-electron chi connectivity index (χ2n) is 3.69. The van der Waals surface area contributed by atoms with E-state index < -0.39 is 12.0 Å². The van der Waals surface area contributed by atoms with Crippen molar-refractivity contribution in [3.63, 3.8) is 0 Å². The normalized spacial score (nSPS) is 12.1. The number of hydrogen-bond donors (Lipinski definition) is 2. The Morgan fingerprint density at radius 3 is 2.78 bits per heavy atom. The Morgan fingerprint density at radius 2 is 2.17 bits per heavy atom. The predicted octanol–water partition coefficient (Wildman–Crippen LogP) is 0.937. The van der Waals surface area contributed by atoms with Crippen LogP contribution in [0.4, 0.5) is 5.95 Å². The van der Waals surface area contributed by atoms with Crippen molar-refractivity contribution in [1.29, 1.82) is 0 Å². The Morgan fingerprint density at radius 1 is 1.44 bits per heavy atom. The molecule has 0 amide bonds. The second-order valence-corrected chi connectivity index (χ2v) is 3.69. The molecule has 7 nitrogen and oxygen atoms in total. The van der Waals surface area contributed by atoms with E-state index in [0.29, 0.717) is 12.4 Å². The molecule has 1 atom stereocenters. The number of hydrogen-bond acceptors (Lipinski definition) is 5. The van der Waals surface area contributed by atoms with Gasteiger partial charge in [0.1, 0.15) is 6.04 Å². The summed E-state index contributed by atoms with van der Waals surface area (Å²) >= 11 is 0. The molecule has 2 N–H and O–H groups in total. The third-order valence-electron chi connectivity index (χ3n) is 2.48. The maximum atomic E-state index is 11.0. The van der Waals surface area contributed by atoms with Crippen LogP contribution in [0.1, 0.15) is 13.3 Å². The molecule has 0 fully saturated rings. The maximum absolute atomic E-state index is 11.0. The van der Waals surface area contributed by atoms with Gasteiger partial charge in [0.25, 0.3) is 0 Å². The molecule has 0 saturated carbocycles. The highest BCUT2D eigenvalue weighted by Gasteiger charge is 2.18. The molecule has 1 heterocycles. The van der Waals surface area contributed by atoms with Gasteiger partial charge in [-0.3, -0.25) is 0 Å². The number of tetrazole rings is 1. The molecule has 0 unspecified atom stereocenters. The first-order valence-corrected chi connectivity index (χ1v) is 5.55. The highest BCUT2D eigenvalue weighted by Crippen LogP contribution is 2.12. The lowest BCUT2D eigenvalue weighted by Crippen LogP contribution is -2.29. The third-order valence-corrected chi connectivity index (χ3v) is 2.48. The lowest BCUT2D eigenvalue weighted by atomic mass is 10.2. The van der Waals surface area contributed by atoms with Gasteiger partial charge in [-0.1, -0.05) is 30.2 Å². The van der Waals surface area contributed by atoms with E-state index in [0.717, 1.165) is 5.69 Å². The lowest BCUT2D eigenvalue weighted by molar-refractivity contribution is -0.138. The van der Waals surface area contributed by atoms with E-state index in [1.807, 2.05) is 30.3 Å². The number of aromatic nitrogens is 4. The van der Waals surface area contributed by atoms with Gasteiger partial charge in [-0.05, 0) is 29.0 Å². The molecule has 0 aliphatic rings. The number of carboxylic acids is 1. The van der Waals surface area contributed by atoms with Crippen LogP contribution >= 0.6 is 0 Å². The number of aliphatic carboxylic acids is 1. The summed E-state index contributed by atoms with van der Waals surface area (Å²) in [7, 11) is 0. The van der Waals surface area contributed by atoms with E-state index in [2.05, 4.69) is 20.8 Å². The van der Waals surface area contributed by atoms with E-state index >= 15 is 0 Å². The van der Waals surface area contributed by atoms with E-state index in [-0.39, 0.29) is 0 Å². The van der Waals surface area contributed by atoms with Crippen LogP contribution in [0, 0.1) is 0 Å². The molecular weight excluding hydrogens is 234 g/mol. The summed E-state index contributed by atoms with van der Waals surface area (Å²) < 4.78 is 1.46. The largest absolute Gasteiger partial charge is 0.480 e. The first kappa shape index (κ1) is 12.0. The van der Waals surface area contributed by atoms with Gasteiger partial charge in [-0.25, -0.2) is 4.79 Å². The van der Waals surface area contributed by atoms with E-state index in [1.165, 1.54) is 4.68 Å². The zero-order valence-corrected chi connectivity index (χ0v) is 9.82. The molecule has 0 radical (unpaired) electrons. The molecule has 1 aromatic carbocycles. The average Bonchev–Trinajstić information content (AvgIpc) is 2.84. The van der Waals surface area contributed by atoms with Gasteiger partial charge in [0.15, 0.2) is 0 Å². The second kappa shape index (κ2) is 5.26. The molecule has 2 rings (SSSR count). The minimum atomic E-state index is -0.930. The van der Waals surface area contributed by atoms with Crippen molar-refractivity contribution in [2.45, 2.75) is 19.4 Å². The fourth-order valence-corrected chi connectivity index (χ4v) is 1.51. The molecule has 18 heavy (non-hydrogen) atoms. The van der Waals surface area contributed by atoms with Crippen molar-refractivity contribution in [2.75, 3.05) is 5.32 Å². The summed E-state index contributed by atoms with van der Waals surface area (Å²) in [6.45, 7) is 1.78. The Hall–Kier alpha value is -2.44. The summed E-state index contributed by atoms with van der Waals surface area (Å²) in [5, 5.41) is 23.0. The summed E-state index contributed by atoms with van der Waals surface area (Å²) in [6.07, 6.45) is 0.441. The fraction of sp³-hybridized carbons (Fsp3) is 0.273. The molecule has 0 aliphatic carbocycles. The molecule has 0 saturated heterocycles. The quantitative estimate of drug-likeness (QED) is 0.816. The highest BCUT2D eigenvalue weighted by atomic mass is 16.4. The number of para-hydroxylation sites is 1. The molecule has 1 aromatic heterocycles. The van der Waals surface area contributed by atoms with Crippen LogP contribution in [0.2, 0.25) is 0 Å². The van der Waals surface area contributed by atoms with Crippen LogP contribution in [0.15, 0.2) is 30.3 Å². The number of nitrogens with one attached hydrogen (secondary N) is 1. The van der Waals surface area contributed by atoms with Gasteiger partial charge >= 0.3 is 5.97 Å². The number of benzene rings is 1. The van der Waals surface area contributed by atoms with Gasteiger partial charge in [0.05, 0.1) is 5.69 Å². The minimum absolute atomic E-state index is 0.315. The smallest absolute Gasteiger partial charge is 0.326 e. The average molecular weight is 247 g/mol. The summed E-state index contributed by atoms with van der Waals surface area (Å²) in [6, 6.07) is 8.56. The highest BCUT2D eigenvalue weighted by molar-refractivity contribution is 5.76. The first-order valence-electron chi connectivity index (χ1n) is 5.55. The zero-order valence-electron chi connectivity index (χ0n) is 9.82. The van der Waals surface area contributed by atoms with Gasteiger partial charge in [0, 0.05) is 0 Å². The van der Waals surface area contributed by atoms with E-state index in [9.17, 15) is 4.79 Å². The van der Waals surface area contributed by atoms with Crippen LogP contribution in [0.25, 0.3) is 5.69 Å².